The molecule has 1 N–H and O–H groups in total. The van der Waals surface area contributed by atoms with Crippen LogP contribution in [0.4, 0.5) is 11.4 Å². The molecule has 0 spiro atoms. The monoisotopic (exact) mass is 414 g/mol. The first-order valence-electron chi connectivity index (χ1n) is 8.56. The number of hydrogen-bond acceptors (Lipinski definition) is 3. The summed E-state index contributed by atoms with van der Waals surface area (Å²) in [5.41, 5.74) is 1.97. The summed E-state index contributed by atoms with van der Waals surface area (Å²) < 4.78 is 27.4. The minimum absolute atomic E-state index is 0.0955. The fourth-order valence-corrected chi connectivity index (χ4v) is 4.25. The van der Waals surface area contributed by atoms with Gasteiger partial charge in [-0.05, 0) is 49.4 Å². The quantitative estimate of drug-likeness (QED) is 0.646. The van der Waals surface area contributed by atoms with Crippen molar-refractivity contribution in [3.05, 3.63) is 89.4 Å². The van der Waals surface area contributed by atoms with Gasteiger partial charge in [0.15, 0.2) is 0 Å². The van der Waals surface area contributed by atoms with E-state index in [1.807, 2.05) is 19.1 Å². The molecule has 0 aromatic heterocycles. The largest absolute Gasteiger partial charge is 0.325 e. The smallest absolute Gasteiger partial charge is 0.264 e. The SMILES string of the molecule is Cc1ccc(NC(=O)CN(c2cccc(Cl)c2)S(=O)(=O)c2ccccc2)cc1. The van der Waals surface area contributed by atoms with Crippen molar-refractivity contribution in [1.82, 2.24) is 0 Å². The Bertz CT molecular complexity index is 1070. The van der Waals surface area contributed by atoms with Crippen LogP contribution in [0.5, 0.6) is 0 Å². The highest BCUT2D eigenvalue weighted by Gasteiger charge is 2.27. The van der Waals surface area contributed by atoms with Gasteiger partial charge in [-0.25, -0.2) is 8.42 Å². The van der Waals surface area contributed by atoms with E-state index in [1.165, 1.54) is 18.2 Å². The zero-order valence-electron chi connectivity index (χ0n) is 15.2. The second-order valence-electron chi connectivity index (χ2n) is 6.22. The maximum Gasteiger partial charge on any atom is 0.264 e. The Morgan fingerprint density at radius 3 is 2.29 bits per heavy atom. The number of rotatable bonds is 6. The van der Waals surface area contributed by atoms with Gasteiger partial charge in [-0.3, -0.25) is 9.10 Å². The molecule has 0 fully saturated rings. The Hall–Kier alpha value is -2.83. The Kier molecular flexibility index (Phi) is 6.02. The van der Waals surface area contributed by atoms with E-state index in [0.29, 0.717) is 16.4 Å². The van der Waals surface area contributed by atoms with E-state index in [-0.39, 0.29) is 11.4 Å². The van der Waals surface area contributed by atoms with Crippen LogP contribution in [-0.4, -0.2) is 20.9 Å². The number of aryl methyl sites for hydroxylation is 1. The van der Waals surface area contributed by atoms with Crippen LogP contribution in [0.2, 0.25) is 5.02 Å². The van der Waals surface area contributed by atoms with Crippen molar-refractivity contribution in [2.75, 3.05) is 16.2 Å². The fraction of sp³-hybridized carbons (Fsp3) is 0.0952. The molecule has 0 atom stereocenters. The van der Waals surface area contributed by atoms with Gasteiger partial charge < -0.3 is 5.32 Å². The molecular weight excluding hydrogens is 396 g/mol. The number of carbonyl (C=O) groups is 1. The molecule has 0 saturated carbocycles. The van der Waals surface area contributed by atoms with Gasteiger partial charge in [0.05, 0.1) is 10.6 Å². The highest BCUT2D eigenvalue weighted by atomic mass is 35.5. The van der Waals surface area contributed by atoms with Gasteiger partial charge in [-0.2, -0.15) is 0 Å². The first kappa shape index (κ1) is 19.9. The van der Waals surface area contributed by atoms with Crippen molar-refractivity contribution in [3.8, 4) is 0 Å². The van der Waals surface area contributed by atoms with Crippen molar-refractivity contribution < 1.29 is 13.2 Å². The fourth-order valence-electron chi connectivity index (χ4n) is 2.63. The number of nitrogens with one attached hydrogen (secondary N) is 1. The van der Waals surface area contributed by atoms with Crippen LogP contribution < -0.4 is 9.62 Å². The summed E-state index contributed by atoms with van der Waals surface area (Å²) in [7, 11) is -3.95. The number of carbonyl (C=O) groups excluding carboxylic acids is 1. The Morgan fingerprint density at radius 2 is 1.64 bits per heavy atom. The van der Waals surface area contributed by atoms with E-state index < -0.39 is 15.9 Å². The number of amides is 1. The van der Waals surface area contributed by atoms with Crippen LogP contribution in [0.25, 0.3) is 0 Å². The Balaban J connectivity index is 1.92. The van der Waals surface area contributed by atoms with E-state index >= 15 is 0 Å². The van der Waals surface area contributed by atoms with Gasteiger partial charge in [-0.1, -0.05) is 53.6 Å². The average molecular weight is 415 g/mol. The van der Waals surface area contributed by atoms with Crippen LogP contribution in [0.3, 0.4) is 0 Å². The van der Waals surface area contributed by atoms with Gasteiger partial charge in [0.2, 0.25) is 5.91 Å². The molecular formula is C21H19ClN2O3S. The molecule has 0 saturated heterocycles. The number of halogens is 1. The minimum Gasteiger partial charge on any atom is -0.325 e. The normalized spacial score (nSPS) is 11.1. The van der Waals surface area contributed by atoms with E-state index in [4.69, 9.17) is 11.6 Å². The molecule has 0 aliphatic carbocycles. The summed E-state index contributed by atoms with van der Waals surface area (Å²) in [6, 6.07) is 21.6. The van der Waals surface area contributed by atoms with Crippen molar-refractivity contribution in [3.63, 3.8) is 0 Å². The molecule has 0 aliphatic rings. The standard InChI is InChI=1S/C21H19ClN2O3S/c1-16-10-12-18(13-11-16)23-21(25)15-24(19-7-5-6-17(22)14-19)28(26,27)20-8-3-2-4-9-20/h2-14H,15H2,1H3,(H,23,25). The van der Waals surface area contributed by atoms with Crippen LogP contribution in [-0.2, 0) is 14.8 Å². The first-order valence-corrected chi connectivity index (χ1v) is 10.4. The minimum atomic E-state index is -3.95. The molecule has 7 heteroatoms. The summed E-state index contributed by atoms with van der Waals surface area (Å²) in [6.07, 6.45) is 0. The van der Waals surface area contributed by atoms with Crippen molar-refractivity contribution in [1.29, 1.82) is 0 Å². The van der Waals surface area contributed by atoms with Crippen molar-refractivity contribution >= 4 is 38.9 Å². The van der Waals surface area contributed by atoms with E-state index in [1.54, 1.807) is 48.5 Å². The predicted octanol–water partition coefficient (Wildman–Crippen LogP) is 4.48. The second-order valence-corrected chi connectivity index (χ2v) is 8.52. The van der Waals surface area contributed by atoms with Crippen LogP contribution in [0.1, 0.15) is 5.56 Å². The maximum atomic E-state index is 13.2. The number of anilines is 2. The molecule has 3 aromatic rings. The summed E-state index contributed by atoms with van der Waals surface area (Å²) in [5.74, 6) is -0.455. The van der Waals surface area contributed by atoms with Gasteiger partial charge in [0.1, 0.15) is 6.54 Å². The van der Waals surface area contributed by atoms with Crippen LogP contribution in [0.15, 0.2) is 83.8 Å². The van der Waals surface area contributed by atoms with Gasteiger partial charge >= 0.3 is 0 Å². The third-order valence-corrected chi connectivity index (χ3v) is 6.07. The van der Waals surface area contributed by atoms with Crippen LogP contribution >= 0.6 is 11.6 Å². The molecule has 0 unspecified atom stereocenters. The van der Waals surface area contributed by atoms with Gasteiger partial charge in [-0.15, -0.1) is 0 Å². The average Bonchev–Trinajstić information content (AvgIpc) is 2.68. The number of sulfonamides is 1. The third-order valence-electron chi connectivity index (χ3n) is 4.05. The molecule has 3 rings (SSSR count). The highest BCUT2D eigenvalue weighted by molar-refractivity contribution is 7.92. The molecule has 3 aromatic carbocycles. The van der Waals surface area contributed by atoms with E-state index in [2.05, 4.69) is 5.32 Å². The highest BCUT2D eigenvalue weighted by Crippen LogP contribution is 2.26. The van der Waals surface area contributed by atoms with E-state index in [9.17, 15) is 13.2 Å². The lowest BCUT2D eigenvalue weighted by Crippen LogP contribution is -2.38. The molecule has 0 aliphatic heterocycles. The molecule has 0 radical (unpaired) electrons. The van der Waals surface area contributed by atoms with Crippen molar-refractivity contribution in [2.24, 2.45) is 0 Å². The molecule has 28 heavy (non-hydrogen) atoms. The molecule has 0 heterocycles. The van der Waals surface area contributed by atoms with Gasteiger partial charge in [0.25, 0.3) is 10.0 Å². The zero-order valence-corrected chi connectivity index (χ0v) is 16.7. The van der Waals surface area contributed by atoms with E-state index in [0.717, 1.165) is 9.87 Å². The summed E-state index contributed by atoms with van der Waals surface area (Å²) in [5, 5.41) is 3.11. The predicted molar refractivity (Wildman–Crippen MR) is 112 cm³/mol. The maximum absolute atomic E-state index is 13.2. The lowest BCUT2D eigenvalue weighted by atomic mass is 10.2. The summed E-state index contributed by atoms with van der Waals surface area (Å²) in [4.78, 5) is 12.7. The molecule has 0 bridgehead atoms. The summed E-state index contributed by atoms with van der Waals surface area (Å²) >= 11 is 6.04. The topological polar surface area (TPSA) is 66.5 Å². The lowest BCUT2D eigenvalue weighted by molar-refractivity contribution is -0.114. The lowest BCUT2D eigenvalue weighted by Gasteiger charge is -2.24. The molecule has 144 valence electrons. The Labute approximate surface area is 169 Å². The number of hydrogen-bond donors (Lipinski definition) is 1. The number of benzene rings is 3. The van der Waals surface area contributed by atoms with Crippen LogP contribution in [0, 0.1) is 6.92 Å². The number of nitrogens with zero attached hydrogens (tertiary/aromatic N) is 1. The molecule has 1 amide bonds. The first-order chi connectivity index (χ1) is 13.4. The van der Waals surface area contributed by atoms with Crippen molar-refractivity contribution in [2.45, 2.75) is 11.8 Å². The zero-order chi connectivity index (χ0) is 20.1. The Morgan fingerprint density at radius 1 is 0.964 bits per heavy atom. The second kappa shape index (κ2) is 8.46. The van der Waals surface area contributed by atoms with Gasteiger partial charge in [0, 0.05) is 10.7 Å². The molecule has 5 nitrogen and oxygen atoms in total. The summed E-state index contributed by atoms with van der Waals surface area (Å²) in [6.45, 7) is 1.56. The third kappa shape index (κ3) is 4.71.